The van der Waals surface area contributed by atoms with Crippen molar-refractivity contribution in [2.75, 3.05) is 33.0 Å². The Morgan fingerprint density at radius 2 is 1.25 bits per heavy atom. The van der Waals surface area contributed by atoms with E-state index in [0.717, 1.165) is 37.7 Å². The first kappa shape index (κ1) is 53.1. The Hall–Kier alpha value is -4.22. The van der Waals surface area contributed by atoms with E-state index in [1.54, 1.807) is 54.6 Å². The van der Waals surface area contributed by atoms with Crippen LogP contribution in [-0.2, 0) is 60.8 Å². The van der Waals surface area contributed by atoms with Gasteiger partial charge in [-0.3, -0.25) is 9.59 Å². The van der Waals surface area contributed by atoms with Gasteiger partial charge in [0.2, 0.25) is 17.6 Å². The van der Waals surface area contributed by atoms with Crippen molar-refractivity contribution in [2.45, 2.75) is 167 Å². The lowest BCUT2D eigenvalue weighted by atomic mass is 9.88. The molecule has 1 aliphatic rings. The lowest BCUT2D eigenvalue weighted by Crippen LogP contribution is -2.67. The molecule has 7 atom stereocenters. The lowest BCUT2D eigenvalue weighted by Gasteiger charge is -2.50. The second-order valence-electron chi connectivity index (χ2n) is 15.9. The molecule has 2 unspecified atom stereocenters. The van der Waals surface area contributed by atoms with E-state index in [0.29, 0.717) is 38.0 Å². The van der Waals surface area contributed by atoms with Crippen LogP contribution >= 0.6 is 0 Å². The third kappa shape index (κ3) is 18.1. The summed E-state index contributed by atoms with van der Waals surface area (Å²) in [6.45, 7) is 11.2. The van der Waals surface area contributed by atoms with Gasteiger partial charge in [-0.15, -0.1) is 0 Å². The molecule has 1 aliphatic heterocycles. The predicted molar refractivity (Wildman–Crippen MR) is 233 cm³/mol. The van der Waals surface area contributed by atoms with Gasteiger partial charge in [0, 0.05) is 32.7 Å². The number of alkyl carbamates (subject to hydrolysis) is 1. The van der Waals surface area contributed by atoms with Crippen LogP contribution in [-0.4, -0.2) is 105 Å². The molecule has 0 radical (unpaired) electrons. The Balaban J connectivity index is 1.93. The quantitative estimate of drug-likeness (QED) is 0.0523. The number of nitrogens with one attached hydrogen (secondary N) is 3. The lowest BCUT2D eigenvalue weighted by molar-refractivity contribution is -0.398. The molecular formula is C47H71F2N3O11. The Bertz CT molecular complexity index is 1630. The van der Waals surface area contributed by atoms with Gasteiger partial charge in [0.25, 0.3) is 0 Å². The molecule has 2 aromatic carbocycles. The number of hydrogen-bond acceptors (Lipinski definition) is 11. The summed E-state index contributed by atoms with van der Waals surface area (Å²) in [5, 5.41) is 7.22. The fraction of sp³-hybridized carbons (Fsp3) is 0.660. The van der Waals surface area contributed by atoms with Crippen molar-refractivity contribution in [3.8, 4) is 0 Å². The highest BCUT2D eigenvalue weighted by Gasteiger charge is 2.64. The van der Waals surface area contributed by atoms with Crippen LogP contribution in [0.5, 0.6) is 0 Å². The number of rotatable bonds is 30. The summed E-state index contributed by atoms with van der Waals surface area (Å²) in [7, 11) is 0. The highest BCUT2D eigenvalue weighted by Crippen LogP contribution is 2.46. The summed E-state index contributed by atoms with van der Waals surface area (Å²) < 4.78 is 76.9. The van der Waals surface area contributed by atoms with Crippen molar-refractivity contribution in [3.63, 3.8) is 0 Å². The summed E-state index contributed by atoms with van der Waals surface area (Å²) in [5.74, 6) is -9.29. The van der Waals surface area contributed by atoms with E-state index in [4.69, 9.17) is 33.2 Å². The normalized spacial score (nSPS) is 20.2. The number of carbonyl (C=O) groups excluding carboxylic acids is 4. The maximum absolute atomic E-state index is 17.6. The van der Waals surface area contributed by atoms with E-state index in [1.165, 1.54) is 13.8 Å². The molecule has 3 rings (SSSR count). The van der Waals surface area contributed by atoms with Gasteiger partial charge < -0.3 is 49.1 Å². The summed E-state index contributed by atoms with van der Waals surface area (Å²) in [5.41, 5.74) is 1.37. The SMILES string of the molecule is CCCCOC[C@H]1OC(OCCCC)(C(F)(F)CC(NC(=O)OCc2ccccc2)C(=O)N[C@@H](C)C(=O)N[C@@H](C)C(=O)OCc2ccccc2)C[C@@H](OCCCC)[C@H]1OCCCC. The second kappa shape index (κ2) is 28.5. The number of carbonyl (C=O) groups is 4. The molecular weight excluding hydrogens is 821 g/mol. The number of esters is 1. The van der Waals surface area contributed by atoms with Crippen molar-refractivity contribution in [2.24, 2.45) is 0 Å². The van der Waals surface area contributed by atoms with E-state index in [-0.39, 0.29) is 33.0 Å². The van der Waals surface area contributed by atoms with Gasteiger partial charge in [-0.1, -0.05) is 114 Å². The third-order valence-electron chi connectivity index (χ3n) is 10.5. The highest BCUT2D eigenvalue weighted by molar-refractivity contribution is 5.92. The van der Waals surface area contributed by atoms with Gasteiger partial charge in [-0.25, -0.2) is 18.4 Å². The van der Waals surface area contributed by atoms with E-state index >= 15 is 8.78 Å². The monoisotopic (exact) mass is 892 g/mol. The molecule has 0 saturated carbocycles. The molecule has 16 heteroatoms. The largest absolute Gasteiger partial charge is 0.459 e. The summed E-state index contributed by atoms with van der Waals surface area (Å²) in [6.07, 6.45) is 0.0572. The molecule has 3 N–H and O–H groups in total. The van der Waals surface area contributed by atoms with Crippen molar-refractivity contribution in [3.05, 3.63) is 71.8 Å². The number of alkyl halides is 2. The standard InChI is InChI=1S/C47H71F2N3O11/c1-7-11-25-57-33-40-41(59-27-13-9-3)39(58-26-12-8-2)30-47(63-40,62-28-14-10-4)46(48,49)29-38(52-45(56)61-32-37-23-19-16-20-24-37)43(54)50-34(5)42(53)51-35(6)44(55)60-31-36-21-17-15-18-22-36/h15-24,34-35,38-41H,7-14,25-33H2,1-6H3,(H,50,54)(H,51,53)(H,52,56)/t34-,35-,38?,39+,40+,41+,47?/m0/s1. The van der Waals surface area contributed by atoms with Crippen molar-refractivity contribution < 1.29 is 61.1 Å². The fourth-order valence-corrected chi connectivity index (χ4v) is 6.64. The molecule has 63 heavy (non-hydrogen) atoms. The van der Waals surface area contributed by atoms with E-state index in [2.05, 4.69) is 16.0 Å². The molecule has 1 saturated heterocycles. The first-order valence-electron chi connectivity index (χ1n) is 22.6. The molecule has 2 aromatic rings. The minimum absolute atomic E-state index is 0.0216. The Morgan fingerprint density at radius 1 is 0.714 bits per heavy atom. The van der Waals surface area contributed by atoms with Gasteiger partial charge in [0.15, 0.2) is 0 Å². The number of unbranched alkanes of at least 4 members (excludes halogenated alkanes) is 4. The zero-order chi connectivity index (χ0) is 46.1. The van der Waals surface area contributed by atoms with Gasteiger partial charge in [-0.05, 0) is 50.7 Å². The third-order valence-corrected chi connectivity index (χ3v) is 10.5. The van der Waals surface area contributed by atoms with E-state index < -0.39 is 84.9 Å². The molecule has 1 fully saturated rings. The van der Waals surface area contributed by atoms with Crippen molar-refractivity contribution in [1.82, 2.24) is 16.0 Å². The number of benzene rings is 2. The van der Waals surface area contributed by atoms with Crippen LogP contribution in [0.1, 0.15) is 117 Å². The van der Waals surface area contributed by atoms with Crippen LogP contribution < -0.4 is 16.0 Å². The van der Waals surface area contributed by atoms with Crippen LogP contribution in [0.4, 0.5) is 13.6 Å². The highest BCUT2D eigenvalue weighted by atomic mass is 19.3. The van der Waals surface area contributed by atoms with Crippen LogP contribution in [0.25, 0.3) is 0 Å². The van der Waals surface area contributed by atoms with E-state index in [1.807, 2.05) is 33.8 Å². The molecule has 3 amide bonds. The van der Waals surface area contributed by atoms with Gasteiger partial charge in [0.1, 0.15) is 43.5 Å². The first-order chi connectivity index (χ1) is 30.3. The average molecular weight is 892 g/mol. The number of ether oxygens (including phenoxy) is 7. The van der Waals surface area contributed by atoms with Crippen LogP contribution in [0.2, 0.25) is 0 Å². The summed E-state index contributed by atoms with van der Waals surface area (Å²) in [4.78, 5) is 53.3. The zero-order valence-electron chi connectivity index (χ0n) is 38.0. The fourth-order valence-electron chi connectivity index (χ4n) is 6.64. The van der Waals surface area contributed by atoms with Gasteiger partial charge >= 0.3 is 18.0 Å². The number of halogens is 2. The van der Waals surface area contributed by atoms with Crippen molar-refractivity contribution >= 4 is 23.9 Å². The minimum Gasteiger partial charge on any atom is -0.459 e. The molecule has 0 aliphatic carbocycles. The smallest absolute Gasteiger partial charge is 0.408 e. The van der Waals surface area contributed by atoms with E-state index in [9.17, 15) is 19.2 Å². The molecule has 14 nitrogen and oxygen atoms in total. The molecule has 1 heterocycles. The minimum atomic E-state index is -3.99. The van der Waals surface area contributed by atoms with Crippen LogP contribution in [0, 0.1) is 0 Å². The van der Waals surface area contributed by atoms with Crippen molar-refractivity contribution in [1.29, 1.82) is 0 Å². The molecule has 0 spiro atoms. The summed E-state index contributed by atoms with van der Waals surface area (Å²) in [6, 6.07) is 13.2. The van der Waals surface area contributed by atoms with Crippen LogP contribution in [0.3, 0.4) is 0 Å². The average Bonchev–Trinajstić information content (AvgIpc) is 3.27. The number of amides is 3. The summed E-state index contributed by atoms with van der Waals surface area (Å²) >= 11 is 0. The Labute approximate surface area is 372 Å². The van der Waals surface area contributed by atoms with Crippen LogP contribution in [0.15, 0.2) is 60.7 Å². The zero-order valence-corrected chi connectivity index (χ0v) is 38.0. The Morgan fingerprint density at radius 3 is 1.86 bits per heavy atom. The van der Waals surface area contributed by atoms with Gasteiger partial charge in [-0.2, -0.15) is 0 Å². The maximum atomic E-state index is 17.6. The molecule has 0 bridgehead atoms. The predicted octanol–water partition coefficient (Wildman–Crippen LogP) is 7.55. The topological polar surface area (TPSA) is 169 Å². The van der Waals surface area contributed by atoms with Gasteiger partial charge in [0.05, 0.1) is 19.3 Å². The number of hydrogen-bond donors (Lipinski definition) is 3. The maximum Gasteiger partial charge on any atom is 0.408 e. The first-order valence-corrected chi connectivity index (χ1v) is 22.6. The molecule has 0 aromatic heterocycles. The molecule has 354 valence electrons. The second-order valence-corrected chi connectivity index (χ2v) is 15.9. The Kier molecular flexibility index (Phi) is 24.1.